The van der Waals surface area contributed by atoms with Crippen molar-refractivity contribution in [3.05, 3.63) is 57.0 Å². The number of hydrogen-bond acceptors (Lipinski definition) is 5. The first-order valence-corrected chi connectivity index (χ1v) is 8.56. The summed E-state index contributed by atoms with van der Waals surface area (Å²) in [7, 11) is -3.01. The SMILES string of the molecule is COC(=O)c1ccc(S(=O)(=O)Oc2ccc(Cl)c(Cl)c2)c(Cl)c1. The van der Waals surface area contributed by atoms with E-state index in [1.807, 2.05) is 0 Å². The molecule has 5 nitrogen and oxygen atoms in total. The fourth-order valence-electron chi connectivity index (χ4n) is 1.65. The molecule has 0 radical (unpaired) electrons. The maximum absolute atomic E-state index is 12.3. The third-order valence-corrected chi connectivity index (χ3v) is 5.19. The Morgan fingerprint density at radius 2 is 1.65 bits per heavy atom. The molecule has 0 amide bonds. The van der Waals surface area contributed by atoms with Crippen LogP contribution >= 0.6 is 34.8 Å². The van der Waals surface area contributed by atoms with Crippen LogP contribution in [-0.2, 0) is 14.9 Å². The van der Waals surface area contributed by atoms with Gasteiger partial charge >= 0.3 is 16.1 Å². The zero-order chi connectivity index (χ0) is 17.2. The molecule has 122 valence electrons. The monoisotopic (exact) mass is 394 g/mol. The lowest BCUT2D eigenvalue weighted by Crippen LogP contribution is -2.11. The van der Waals surface area contributed by atoms with Crippen molar-refractivity contribution in [2.24, 2.45) is 0 Å². The Morgan fingerprint density at radius 3 is 2.22 bits per heavy atom. The molecule has 0 unspecified atom stereocenters. The zero-order valence-corrected chi connectivity index (χ0v) is 14.6. The van der Waals surface area contributed by atoms with E-state index in [4.69, 9.17) is 39.0 Å². The molecule has 9 heteroatoms. The second kappa shape index (κ2) is 6.97. The average molecular weight is 396 g/mol. The molecule has 0 bridgehead atoms. The molecule has 0 fully saturated rings. The predicted octanol–water partition coefficient (Wildman–Crippen LogP) is 4.20. The minimum atomic E-state index is -4.21. The van der Waals surface area contributed by atoms with Crippen molar-refractivity contribution in [3.8, 4) is 5.75 Å². The minimum Gasteiger partial charge on any atom is -0.465 e. The highest BCUT2D eigenvalue weighted by Gasteiger charge is 2.22. The van der Waals surface area contributed by atoms with Crippen LogP contribution in [0.1, 0.15) is 10.4 Å². The van der Waals surface area contributed by atoms with Crippen LogP contribution < -0.4 is 4.18 Å². The standard InChI is InChI=1S/C14H9Cl3O5S/c1-21-14(18)8-2-5-13(12(17)6-8)23(19,20)22-9-3-4-10(15)11(16)7-9/h2-7H,1H3. The van der Waals surface area contributed by atoms with Gasteiger partial charge < -0.3 is 8.92 Å². The largest absolute Gasteiger partial charge is 0.465 e. The van der Waals surface area contributed by atoms with E-state index in [1.165, 1.54) is 37.4 Å². The Kier molecular flexibility index (Phi) is 5.41. The summed E-state index contributed by atoms with van der Waals surface area (Å²) in [5, 5.41) is 0.233. The summed E-state index contributed by atoms with van der Waals surface area (Å²) in [6.45, 7) is 0. The molecule has 0 aliphatic rings. The lowest BCUT2D eigenvalue weighted by atomic mass is 10.2. The molecule has 0 spiro atoms. The molecular formula is C14H9Cl3O5S. The minimum absolute atomic E-state index is 0.0208. The Morgan fingerprint density at radius 1 is 0.957 bits per heavy atom. The Hall–Kier alpha value is -1.47. The Labute approximate surface area is 147 Å². The topological polar surface area (TPSA) is 69.7 Å². The van der Waals surface area contributed by atoms with Gasteiger partial charge in [-0.1, -0.05) is 34.8 Å². The molecule has 2 rings (SSSR count). The molecule has 0 heterocycles. The number of methoxy groups -OCH3 is 1. The van der Waals surface area contributed by atoms with Crippen LogP contribution in [0.2, 0.25) is 15.1 Å². The zero-order valence-electron chi connectivity index (χ0n) is 11.5. The lowest BCUT2D eigenvalue weighted by molar-refractivity contribution is 0.0600. The van der Waals surface area contributed by atoms with Crippen LogP contribution in [0.4, 0.5) is 0 Å². The van der Waals surface area contributed by atoms with E-state index in [9.17, 15) is 13.2 Å². The summed E-state index contributed by atoms with van der Waals surface area (Å²) < 4.78 is 34.0. The third-order valence-electron chi connectivity index (χ3n) is 2.72. The van der Waals surface area contributed by atoms with E-state index in [-0.39, 0.29) is 31.3 Å². The summed E-state index contributed by atoms with van der Waals surface area (Å²) in [5.74, 6) is -0.659. The molecule has 0 aliphatic carbocycles. The number of hydrogen-bond donors (Lipinski definition) is 0. The summed E-state index contributed by atoms with van der Waals surface area (Å²) in [5.41, 5.74) is 0.117. The van der Waals surface area contributed by atoms with Crippen LogP contribution in [0.15, 0.2) is 41.3 Å². The first-order valence-electron chi connectivity index (χ1n) is 6.02. The second-order valence-corrected chi connectivity index (χ2v) is 6.99. The maximum Gasteiger partial charge on any atom is 0.340 e. The summed E-state index contributed by atoms with van der Waals surface area (Å²) in [4.78, 5) is 11.1. The van der Waals surface area contributed by atoms with Crippen molar-refractivity contribution in [1.82, 2.24) is 0 Å². The van der Waals surface area contributed by atoms with Crippen LogP contribution in [0.5, 0.6) is 5.75 Å². The van der Waals surface area contributed by atoms with Gasteiger partial charge in [0.15, 0.2) is 0 Å². The van der Waals surface area contributed by atoms with E-state index >= 15 is 0 Å². The number of esters is 1. The fraction of sp³-hybridized carbons (Fsp3) is 0.0714. The molecule has 23 heavy (non-hydrogen) atoms. The van der Waals surface area contributed by atoms with E-state index < -0.39 is 16.1 Å². The summed E-state index contributed by atoms with van der Waals surface area (Å²) >= 11 is 17.5. The van der Waals surface area contributed by atoms with E-state index in [2.05, 4.69) is 4.74 Å². The molecule has 0 saturated heterocycles. The molecule has 0 aliphatic heterocycles. The van der Waals surface area contributed by atoms with Crippen molar-refractivity contribution in [2.75, 3.05) is 7.11 Å². The highest BCUT2D eigenvalue weighted by atomic mass is 35.5. The van der Waals surface area contributed by atoms with Crippen LogP contribution in [-0.4, -0.2) is 21.5 Å². The van der Waals surface area contributed by atoms with E-state index in [1.54, 1.807) is 0 Å². The van der Waals surface area contributed by atoms with Crippen molar-refractivity contribution in [2.45, 2.75) is 4.90 Å². The van der Waals surface area contributed by atoms with Crippen LogP contribution in [0, 0.1) is 0 Å². The van der Waals surface area contributed by atoms with Gasteiger partial charge in [-0.2, -0.15) is 8.42 Å². The van der Waals surface area contributed by atoms with Crippen molar-refractivity contribution in [3.63, 3.8) is 0 Å². The normalized spacial score (nSPS) is 11.1. The van der Waals surface area contributed by atoms with Gasteiger partial charge in [0, 0.05) is 6.07 Å². The van der Waals surface area contributed by atoms with E-state index in [0.29, 0.717) is 0 Å². The van der Waals surface area contributed by atoms with E-state index in [0.717, 1.165) is 6.07 Å². The number of ether oxygens (including phenoxy) is 1. The summed E-state index contributed by atoms with van der Waals surface area (Å²) in [6, 6.07) is 7.61. The van der Waals surface area contributed by atoms with Gasteiger partial charge in [0.1, 0.15) is 10.6 Å². The molecule has 0 aromatic heterocycles. The van der Waals surface area contributed by atoms with Gasteiger partial charge in [-0.05, 0) is 30.3 Å². The predicted molar refractivity (Wildman–Crippen MR) is 87.1 cm³/mol. The highest BCUT2D eigenvalue weighted by Crippen LogP contribution is 2.30. The van der Waals surface area contributed by atoms with Crippen molar-refractivity contribution >= 4 is 50.9 Å². The number of rotatable bonds is 4. The first kappa shape index (κ1) is 17.9. The van der Waals surface area contributed by atoms with Gasteiger partial charge in [0.2, 0.25) is 0 Å². The first-order chi connectivity index (χ1) is 10.7. The quantitative estimate of drug-likeness (QED) is 0.573. The average Bonchev–Trinajstić information content (AvgIpc) is 2.49. The highest BCUT2D eigenvalue weighted by molar-refractivity contribution is 7.87. The molecular weight excluding hydrogens is 387 g/mol. The Bertz CT molecular complexity index is 865. The number of benzene rings is 2. The van der Waals surface area contributed by atoms with Crippen LogP contribution in [0.25, 0.3) is 0 Å². The molecule has 0 N–H and O–H groups in total. The number of carbonyl (C=O) groups is 1. The van der Waals surface area contributed by atoms with Gasteiger partial charge in [-0.15, -0.1) is 0 Å². The third kappa shape index (κ3) is 4.09. The Balaban J connectivity index is 2.36. The second-order valence-electron chi connectivity index (χ2n) is 4.25. The molecule has 0 saturated carbocycles. The molecule has 2 aromatic rings. The van der Waals surface area contributed by atoms with Gasteiger partial charge in [-0.3, -0.25) is 0 Å². The van der Waals surface area contributed by atoms with Gasteiger partial charge in [-0.25, -0.2) is 4.79 Å². The fourth-order valence-corrected chi connectivity index (χ4v) is 3.38. The van der Waals surface area contributed by atoms with Gasteiger partial charge in [0.25, 0.3) is 0 Å². The molecule has 2 aromatic carbocycles. The van der Waals surface area contributed by atoms with Crippen molar-refractivity contribution in [1.29, 1.82) is 0 Å². The van der Waals surface area contributed by atoms with Crippen molar-refractivity contribution < 1.29 is 22.1 Å². The van der Waals surface area contributed by atoms with Gasteiger partial charge in [0.05, 0.1) is 27.7 Å². The smallest absolute Gasteiger partial charge is 0.340 e. The molecule has 0 atom stereocenters. The van der Waals surface area contributed by atoms with Crippen LogP contribution in [0.3, 0.4) is 0 Å². The number of carbonyl (C=O) groups excluding carboxylic acids is 1. The number of halogens is 3. The lowest BCUT2D eigenvalue weighted by Gasteiger charge is -2.10. The maximum atomic E-state index is 12.3. The summed E-state index contributed by atoms with van der Waals surface area (Å²) in [6.07, 6.45) is 0.